The van der Waals surface area contributed by atoms with Crippen LogP contribution in [0.4, 0.5) is 10.9 Å². The second-order valence-corrected chi connectivity index (χ2v) is 3.91. The Bertz CT molecular complexity index is 484. The molecule has 0 aliphatic carbocycles. The fraction of sp³-hybridized carbons (Fsp3) is 0.100. The van der Waals surface area contributed by atoms with Crippen LogP contribution in [-0.4, -0.2) is 21.0 Å². The molecule has 0 aromatic carbocycles. The highest BCUT2D eigenvalue weighted by Crippen LogP contribution is 2.19. The molecule has 0 aliphatic heterocycles. The summed E-state index contributed by atoms with van der Waals surface area (Å²) < 4.78 is 0. The van der Waals surface area contributed by atoms with Crippen molar-refractivity contribution >= 4 is 28.3 Å². The number of pyridine rings is 1. The lowest BCUT2D eigenvalue weighted by Gasteiger charge is -1.99. The number of aliphatic carboxylic acids is 1. The van der Waals surface area contributed by atoms with E-state index >= 15 is 0 Å². The average molecular weight is 235 g/mol. The van der Waals surface area contributed by atoms with Crippen LogP contribution in [0.1, 0.15) is 5.69 Å². The molecule has 0 saturated carbocycles. The summed E-state index contributed by atoms with van der Waals surface area (Å²) in [6.07, 6.45) is 1.62. The van der Waals surface area contributed by atoms with E-state index in [1.165, 1.54) is 11.3 Å². The topological polar surface area (TPSA) is 75.1 Å². The molecule has 2 rings (SSSR count). The number of rotatable bonds is 4. The average Bonchev–Trinajstić information content (AvgIpc) is 2.66. The molecule has 16 heavy (non-hydrogen) atoms. The molecule has 2 N–H and O–H groups in total. The summed E-state index contributed by atoms with van der Waals surface area (Å²) >= 11 is 1.36. The van der Waals surface area contributed by atoms with E-state index in [4.69, 9.17) is 5.11 Å². The number of hydrogen-bond acceptors (Lipinski definition) is 5. The molecular formula is C10H9N3O2S. The van der Waals surface area contributed by atoms with Crippen molar-refractivity contribution in [2.75, 3.05) is 5.32 Å². The lowest BCUT2D eigenvalue weighted by molar-refractivity contribution is -0.136. The molecule has 82 valence electrons. The first-order valence-corrected chi connectivity index (χ1v) is 5.46. The van der Waals surface area contributed by atoms with Crippen LogP contribution in [0.2, 0.25) is 0 Å². The van der Waals surface area contributed by atoms with Gasteiger partial charge in [0.25, 0.3) is 0 Å². The van der Waals surface area contributed by atoms with Crippen LogP contribution in [0.5, 0.6) is 0 Å². The minimum atomic E-state index is -0.880. The van der Waals surface area contributed by atoms with Crippen LogP contribution in [0.15, 0.2) is 29.8 Å². The Balaban J connectivity index is 2.06. The molecule has 2 aromatic rings. The third-order valence-electron chi connectivity index (χ3n) is 1.78. The van der Waals surface area contributed by atoms with Gasteiger partial charge in [0.15, 0.2) is 5.13 Å². The maximum Gasteiger partial charge on any atom is 0.309 e. The molecular weight excluding hydrogens is 226 g/mol. The van der Waals surface area contributed by atoms with E-state index in [0.717, 1.165) is 0 Å². The van der Waals surface area contributed by atoms with Crippen molar-refractivity contribution in [1.82, 2.24) is 9.97 Å². The minimum absolute atomic E-state index is 0.0552. The van der Waals surface area contributed by atoms with Gasteiger partial charge in [0, 0.05) is 11.6 Å². The normalized spacial score (nSPS) is 10.0. The molecule has 0 saturated heterocycles. The number of nitrogens with zero attached hydrogens (tertiary/aromatic N) is 2. The summed E-state index contributed by atoms with van der Waals surface area (Å²) in [7, 11) is 0. The van der Waals surface area contributed by atoms with Gasteiger partial charge in [-0.1, -0.05) is 6.07 Å². The molecule has 0 atom stereocenters. The summed E-state index contributed by atoms with van der Waals surface area (Å²) in [5.74, 6) is -0.187. The zero-order chi connectivity index (χ0) is 11.4. The van der Waals surface area contributed by atoms with Crippen LogP contribution in [0.3, 0.4) is 0 Å². The SMILES string of the molecule is O=C(O)Cc1csc(Nc2ccccn2)n1. The van der Waals surface area contributed by atoms with Crippen molar-refractivity contribution in [2.24, 2.45) is 0 Å². The van der Waals surface area contributed by atoms with E-state index < -0.39 is 5.97 Å². The van der Waals surface area contributed by atoms with Gasteiger partial charge in [0.2, 0.25) is 0 Å². The van der Waals surface area contributed by atoms with Crippen LogP contribution in [0.25, 0.3) is 0 Å². The Morgan fingerprint density at radius 3 is 3.06 bits per heavy atom. The maximum absolute atomic E-state index is 10.5. The number of nitrogens with one attached hydrogen (secondary N) is 1. The van der Waals surface area contributed by atoms with Crippen molar-refractivity contribution in [2.45, 2.75) is 6.42 Å². The Labute approximate surface area is 95.8 Å². The van der Waals surface area contributed by atoms with Gasteiger partial charge in [-0.15, -0.1) is 11.3 Å². The number of aromatic nitrogens is 2. The van der Waals surface area contributed by atoms with Gasteiger partial charge >= 0.3 is 5.97 Å². The first kappa shape index (κ1) is 10.6. The van der Waals surface area contributed by atoms with Gasteiger partial charge in [-0.05, 0) is 12.1 Å². The van der Waals surface area contributed by atoms with Gasteiger partial charge in [-0.2, -0.15) is 0 Å². The second kappa shape index (κ2) is 4.71. The van der Waals surface area contributed by atoms with E-state index in [1.807, 2.05) is 18.2 Å². The Morgan fingerprint density at radius 2 is 2.38 bits per heavy atom. The van der Waals surface area contributed by atoms with Crippen LogP contribution in [-0.2, 0) is 11.2 Å². The Hall–Kier alpha value is -1.95. The fourth-order valence-electron chi connectivity index (χ4n) is 1.15. The molecule has 2 aromatic heterocycles. The van der Waals surface area contributed by atoms with Gasteiger partial charge < -0.3 is 10.4 Å². The lowest BCUT2D eigenvalue weighted by Crippen LogP contribution is -2.00. The molecule has 0 aliphatic rings. The molecule has 0 spiro atoms. The van der Waals surface area contributed by atoms with E-state index in [2.05, 4.69) is 15.3 Å². The van der Waals surface area contributed by atoms with Crippen molar-refractivity contribution < 1.29 is 9.90 Å². The third-order valence-corrected chi connectivity index (χ3v) is 2.59. The first-order valence-electron chi connectivity index (χ1n) is 4.58. The number of anilines is 2. The zero-order valence-corrected chi connectivity index (χ0v) is 9.07. The monoisotopic (exact) mass is 235 g/mol. The molecule has 0 radical (unpaired) electrons. The molecule has 5 nitrogen and oxygen atoms in total. The van der Waals surface area contributed by atoms with E-state index in [0.29, 0.717) is 16.6 Å². The standard InChI is InChI=1S/C10H9N3O2S/c14-9(15)5-7-6-16-10(12-7)13-8-3-1-2-4-11-8/h1-4,6H,5H2,(H,14,15)(H,11,12,13). The summed E-state index contributed by atoms with van der Waals surface area (Å²) in [4.78, 5) is 18.7. The van der Waals surface area contributed by atoms with Gasteiger partial charge in [-0.25, -0.2) is 9.97 Å². The predicted octanol–water partition coefficient (Wildman–Crippen LogP) is 1.91. The highest BCUT2D eigenvalue weighted by Gasteiger charge is 2.06. The number of carbonyl (C=O) groups is 1. The molecule has 0 unspecified atom stereocenters. The molecule has 6 heteroatoms. The molecule has 0 fully saturated rings. The highest BCUT2D eigenvalue weighted by molar-refractivity contribution is 7.13. The summed E-state index contributed by atoms with van der Waals surface area (Å²) in [6, 6.07) is 5.50. The second-order valence-electron chi connectivity index (χ2n) is 3.05. The van der Waals surface area contributed by atoms with E-state index in [-0.39, 0.29) is 6.42 Å². The van der Waals surface area contributed by atoms with E-state index in [9.17, 15) is 4.79 Å². The quantitative estimate of drug-likeness (QED) is 0.846. The smallest absolute Gasteiger partial charge is 0.309 e. The molecule has 0 amide bonds. The third kappa shape index (κ3) is 2.77. The maximum atomic E-state index is 10.5. The summed E-state index contributed by atoms with van der Waals surface area (Å²) in [6.45, 7) is 0. The van der Waals surface area contributed by atoms with Crippen molar-refractivity contribution in [3.05, 3.63) is 35.5 Å². The first-order chi connectivity index (χ1) is 7.74. The van der Waals surface area contributed by atoms with Gasteiger partial charge in [0.1, 0.15) is 5.82 Å². The van der Waals surface area contributed by atoms with Crippen LogP contribution >= 0.6 is 11.3 Å². The highest BCUT2D eigenvalue weighted by atomic mass is 32.1. The molecule has 0 bridgehead atoms. The summed E-state index contributed by atoms with van der Waals surface area (Å²) in [5, 5.41) is 14.0. The van der Waals surface area contributed by atoms with Crippen molar-refractivity contribution in [3.63, 3.8) is 0 Å². The Morgan fingerprint density at radius 1 is 1.50 bits per heavy atom. The van der Waals surface area contributed by atoms with Gasteiger partial charge in [-0.3, -0.25) is 4.79 Å². The molecule has 2 heterocycles. The zero-order valence-electron chi connectivity index (χ0n) is 8.25. The van der Waals surface area contributed by atoms with Crippen molar-refractivity contribution in [3.8, 4) is 0 Å². The van der Waals surface area contributed by atoms with Gasteiger partial charge in [0.05, 0.1) is 12.1 Å². The van der Waals surface area contributed by atoms with E-state index in [1.54, 1.807) is 11.6 Å². The summed E-state index contributed by atoms with van der Waals surface area (Å²) in [5.41, 5.74) is 0.552. The lowest BCUT2D eigenvalue weighted by atomic mass is 10.3. The fourth-order valence-corrected chi connectivity index (χ4v) is 1.86. The van der Waals surface area contributed by atoms with Crippen LogP contribution < -0.4 is 5.32 Å². The number of hydrogen-bond donors (Lipinski definition) is 2. The van der Waals surface area contributed by atoms with Crippen LogP contribution in [0, 0.1) is 0 Å². The number of thiazole rings is 1. The predicted molar refractivity (Wildman–Crippen MR) is 61.0 cm³/mol. The largest absolute Gasteiger partial charge is 0.481 e. The Kier molecular flexibility index (Phi) is 3.11. The minimum Gasteiger partial charge on any atom is -0.481 e. The number of carboxylic acids is 1. The van der Waals surface area contributed by atoms with Crippen molar-refractivity contribution in [1.29, 1.82) is 0 Å². The number of carboxylic acid groups (broad SMARTS) is 1.